The molecule has 0 unspecified atom stereocenters. The summed E-state index contributed by atoms with van der Waals surface area (Å²) in [6, 6.07) is 6.78. The maximum absolute atomic E-state index is 9.02. The average Bonchev–Trinajstić information content (AvgIpc) is 2.48. The molecule has 3 N–H and O–H groups in total. The van der Waals surface area contributed by atoms with E-state index in [4.69, 9.17) is 11.5 Å². The summed E-state index contributed by atoms with van der Waals surface area (Å²) in [6.45, 7) is 0. The van der Waals surface area contributed by atoms with Crippen molar-refractivity contribution in [1.82, 2.24) is 4.98 Å². The van der Waals surface area contributed by atoms with E-state index in [0.29, 0.717) is 16.4 Å². The Hall–Kier alpha value is -1.26. The zero-order chi connectivity index (χ0) is 9.42. The third kappa shape index (κ3) is 1.01. The summed E-state index contributed by atoms with van der Waals surface area (Å²) in [6.07, 6.45) is 1.57. The minimum absolute atomic E-state index is 0.434. The van der Waals surface area contributed by atoms with Gasteiger partial charge in [0.25, 0.3) is 0 Å². The second-order valence-corrected chi connectivity index (χ2v) is 2.60. The largest absolute Gasteiger partial charge is 0.489 e. The van der Waals surface area contributed by atoms with Crippen molar-refractivity contribution >= 4 is 23.5 Å². The lowest BCUT2D eigenvalue weighted by molar-refractivity contribution is 0.426. The molecule has 0 spiro atoms. The molecular formula is C8H8BNO2. The molecule has 0 aliphatic heterocycles. The van der Waals surface area contributed by atoms with Gasteiger partial charge in [-0.15, -0.1) is 0 Å². The monoisotopic (exact) mass is 163 g/mol. The number of aromatic amines is 1. The minimum atomic E-state index is -1.48. The molecule has 0 bridgehead atoms. The standard InChI is InChI=1S/C8H8BNO2/c11-9(12)7-2-1-3-8-6(7)4-5-10-8/h1-5,10-12H/i/hT. The van der Waals surface area contributed by atoms with Gasteiger partial charge < -0.3 is 15.0 Å². The fraction of sp³-hybridized carbons (Fsp3) is 0. The van der Waals surface area contributed by atoms with Crippen LogP contribution in [0.15, 0.2) is 30.5 Å². The maximum atomic E-state index is 9.02. The molecular weight excluding hydrogens is 153 g/mol. The lowest BCUT2D eigenvalue weighted by Crippen LogP contribution is -2.29. The highest BCUT2D eigenvalue weighted by Gasteiger charge is 2.13. The van der Waals surface area contributed by atoms with E-state index in [-0.39, 0.29) is 0 Å². The van der Waals surface area contributed by atoms with Gasteiger partial charge in [-0.25, -0.2) is 0 Å². The second-order valence-electron chi connectivity index (χ2n) is 2.60. The van der Waals surface area contributed by atoms with Gasteiger partial charge in [-0.2, -0.15) is 0 Å². The van der Waals surface area contributed by atoms with Crippen LogP contribution in [0.1, 0.15) is 0 Å². The molecule has 60 valence electrons. The van der Waals surface area contributed by atoms with Crippen LogP contribution in [0.3, 0.4) is 0 Å². The summed E-state index contributed by atoms with van der Waals surface area (Å²) >= 11 is 0. The zero-order valence-electron chi connectivity index (χ0n) is 7.31. The molecule has 1 aromatic carbocycles. The van der Waals surface area contributed by atoms with E-state index in [0.717, 1.165) is 0 Å². The Balaban J connectivity index is 2.77. The summed E-state index contributed by atoms with van der Waals surface area (Å²) in [7, 11) is -1.48. The molecule has 1 heterocycles. The zero-order valence-corrected chi connectivity index (χ0v) is 6.31. The molecule has 0 saturated carbocycles. The Morgan fingerprint density at radius 3 is 2.92 bits per heavy atom. The number of fused-ring (bicyclic) bond motifs is 1. The van der Waals surface area contributed by atoms with E-state index in [1.165, 1.54) is 4.98 Å². The molecule has 3 nitrogen and oxygen atoms in total. The third-order valence-corrected chi connectivity index (χ3v) is 1.85. The van der Waals surface area contributed by atoms with E-state index in [9.17, 15) is 0 Å². The summed E-state index contributed by atoms with van der Waals surface area (Å²) in [4.78, 5) is 1.20. The van der Waals surface area contributed by atoms with Crippen LogP contribution >= 0.6 is 0 Å². The number of rotatable bonds is 1. The Morgan fingerprint density at radius 2 is 2.17 bits per heavy atom. The first-order valence-corrected chi connectivity index (χ1v) is 3.65. The number of hydrogen-bond acceptors (Lipinski definition) is 2. The Bertz CT molecular complexity index is 441. The van der Waals surface area contributed by atoms with E-state index in [2.05, 4.69) is 0 Å². The van der Waals surface area contributed by atoms with Crippen LogP contribution in [-0.4, -0.2) is 22.1 Å². The van der Waals surface area contributed by atoms with Gasteiger partial charge in [-0.3, -0.25) is 0 Å². The molecule has 0 saturated heterocycles. The topological polar surface area (TPSA) is 56.2 Å². The summed E-state index contributed by atoms with van der Waals surface area (Å²) < 4.78 is 7.43. The molecule has 0 atom stereocenters. The van der Waals surface area contributed by atoms with E-state index in [1.807, 2.05) is 0 Å². The molecule has 0 radical (unpaired) electrons. The van der Waals surface area contributed by atoms with Crippen molar-refractivity contribution in [1.29, 1.82) is 0 Å². The Labute approximate surface area is 71.3 Å². The highest BCUT2D eigenvalue weighted by molar-refractivity contribution is 6.61. The van der Waals surface area contributed by atoms with E-state index >= 15 is 0 Å². The molecule has 0 amide bonds. The minimum Gasteiger partial charge on any atom is -0.423 e. The molecule has 2 rings (SSSR count). The van der Waals surface area contributed by atoms with Gasteiger partial charge in [0, 0.05) is 11.7 Å². The lowest BCUT2D eigenvalue weighted by atomic mass is 9.78. The second kappa shape index (κ2) is 2.66. The predicted octanol–water partition coefficient (Wildman–Crippen LogP) is -0.152. The average molecular weight is 163 g/mol. The number of H-pyrrole nitrogens is 1. The quantitative estimate of drug-likeness (QED) is 0.512. The molecule has 4 heteroatoms. The first-order valence-electron chi connectivity index (χ1n) is 4.10. The summed E-state index contributed by atoms with van der Waals surface area (Å²) in [5.41, 5.74) is 1.11. The van der Waals surface area contributed by atoms with Crippen molar-refractivity contribution in [2.24, 2.45) is 0 Å². The van der Waals surface area contributed by atoms with E-state index < -0.39 is 7.12 Å². The highest BCUT2D eigenvalue weighted by atomic mass is 16.4. The van der Waals surface area contributed by atoms with Crippen molar-refractivity contribution in [3.8, 4) is 0 Å². The van der Waals surface area contributed by atoms with Crippen molar-refractivity contribution < 1.29 is 11.5 Å². The molecule has 0 aliphatic carbocycles. The van der Waals surface area contributed by atoms with Gasteiger partial charge >= 0.3 is 7.12 Å². The van der Waals surface area contributed by atoms with Gasteiger partial charge in [0.2, 0.25) is 0 Å². The van der Waals surface area contributed by atoms with Crippen LogP contribution in [0.25, 0.3) is 10.9 Å². The lowest BCUT2D eigenvalue weighted by Gasteiger charge is -1.99. The smallest absolute Gasteiger partial charge is 0.423 e. The van der Waals surface area contributed by atoms with Crippen LogP contribution in [0.4, 0.5) is 0 Å². The third-order valence-electron chi connectivity index (χ3n) is 1.85. The van der Waals surface area contributed by atoms with Gasteiger partial charge in [0.05, 0.1) is 0 Å². The van der Waals surface area contributed by atoms with Crippen molar-refractivity contribution in [2.75, 3.05) is 0 Å². The normalized spacial score (nSPS) is 11.7. The molecule has 12 heavy (non-hydrogen) atoms. The van der Waals surface area contributed by atoms with Crippen LogP contribution in [-0.2, 0) is 0 Å². The highest BCUT2D eigenvalue weighted by Crippen LogP contribution is 2.08. The molecule has 2 aromatic rings. The molecule has 0 aliphatic rings. The summed E-state index contributed by atoms with van der Waals surface area (Å²) in [5.74, 6) is 0. The van der Waals surface area contributed by atoms with Crippen molar-refractivity contribution in [3.63, 3.8) is 0 Å². The SMILES string of the molecule is [3H]n1ccc2c(B(O)O)cccc21. The first kappa shape index (κ1) is 6.28. The first-order chi connectivity index (χ1) is 6.20. The molecule has 0 fully saturated rings. The Kier molecular flexibility index (Phi) is 1.39. The van der Waals surface area contributed by atoms with Gasteiger partial charge in [0.1, 0.15) is 0 Å². The summed E-state index contributed by atoms with van der Waals surface area (Å²) in [5, 5.41) is 18.7. The Morgan fingerprint density at radius 1 is 1.33 bits per heavy atom. The number of aromatic nitrogens is 1. The van der Waals surface area contributed by atoms with Crippen molar-refractivity contribution in [3.05, 3.63) is 30.5 Å². The maximum Gasteiger partial charge on any atom is 0.489 e. The molecule has 1 aromatic heterocycles. The van der Waals surface area contributed by atoms with Gasteiger partial charge in [-0.1, -0.05) is 12.1 Å². The van der Waals surface area contributed by atoms with Crippen LogP contribution in [0.5, 0.6) is 0 Å². The number of hydrogen-bond donors (Lipinski definition) is 3. The predicted molar refractivity (Wildman–Crippen MR) is 48.1 cm³/mol. The van der Waals surface area contributed by atoms with Gasteiger partial charge in [-0.05, 0) is 23.0 Å². The number of nitrogens with one attached hydrogen (secondary N) is 1. The van der Waals surface area contributed by atoms with Crippen LogP contribution in [0, 0.1) is 0 Å². The van der Waals surface area contributed by atoms with Crippen LogP contribution in [0.2, 0.25) is 1.41 Å². The van der Waals surface area contributed by atoms with Crippen molar-refractivity contribution in [2.45, 2.75) is 0 Å². The number of benzene rings is 1. The fourth-order valence-electron chi connectivity index (χ4n) is 1.28. The van der Waals surface area contributed by atoms with Crippen LogP contribution < -0.4 is 5.46 Å². The fourth-order valence-corrected chi connectivity index (χ4v) is 1.28. The van der Waals surface area contributed by atoms with Gasteiger partial charge in [0.15, 0.2) is 1.41 Å². The van der Waals surface area contributed by atoms with E-state index in [1.54, 1.807) is 30.5 Å².